The minimum atomic E-state index is -2.31. The van der Waals surface area contributed by atoms with Crippen LogP contribution in [0.5, 0.6) is 0 Å². The van der Waals surface area contributed by atoms with Crippen molar-refractivity contribution in [2.75, 3.05) is 37.7 Å². The minimum Gasteiger partial charge on any atom is -0.303 e. The number of rotatable bonds is 9. The lowest BCUT2D eigenvalue weighted by Gasteiger charge is -2.18. The van der Waals surface area contributed by atoms with Crippen LogP contribution in [0.2, 0.25) is 0 Å². The molecule has 0 aliphatic heterocycles. The van der Waals surface area contributed by atoms with Crippen LogP contribution in [0.3, 0.4) is 0 Å². The lowest BCUT2D eigenvalue weighted by molar-refractivity contribution is 0.323. The molecule has 3 nitrogen and oxygen atoms in total. The van der Waals surface area contributed by atoms with Crippen LogP contribution in [-0.4, -0.2) is 42.6 Å². The van der Waals surface area contributed by atoms with Crippen LogP contribution in [-0.2, 0) is 8.54 Å². The second kappa shape index (κ2) is 8.63. The molecule has 15 heavy (non-hydrogen) atoms. The molecule has 0 amide bonds. The number of nitrogens with zero attached hydrogens (tertiary/aromatic N) is 1. The summed E-state index contributed by atoms with van der Waals surface area (Å²) >= 11 is 1.36. The molecule has 5 heteroatoms. The summed E-state index contributed by atoms with van der Waals surface area (Å²) in [5, 5.41) is 0. The fourth-order valence-electron chi connectivity index (χ4n) is 1.17. The van der Waals surface area contributed by atoms with Crippen molar-refractivity contribution < 1.29 is 8.54 Å². The van der Waals surface area contributed by atoms with Crippen LogP contribution in [0.15, 0.2) is 0 Å². The summed E-state index contributed by atoms with van der Waals surface area (Å²) in [5.74, 6) is 0.895. The largest absolute Gasteiger partial charge is 0.303 e. The van der Waals surface area contributed by atoms with Crippen LogP contribution in [0.1, 0.15) is 27.7 Å². The number of hydrogen-bond acceptors (Lipinski definition) is 4. The molecule has 0 aliphatic rings. The third-order valence-electron chi connectivity index (χ3n) is 2.54. The maximum absolute atomic E-state index is 11.9. The summed E-state index contributed by atoms with van der Waals surface area (Å²) < 4.78 is 17.3. The Bertz CT molecular complexity index is 190. The van der Waals surface area contributed by atoms with Gasteiger partial charge in [0.25, 0.3) is 0 Å². The minimum absolute atomic E-state index is 0.641. The smallest absolute Gasteiger partial charge is 0.214 e. The van der Waals surface area contributed by atoms with Crippen molar-refractivity contribution in [1.82, 2.24) is 4.90 Å². The van der Waals surface area contributed by atoms with Gasteiger partial charge < -0.3 is 4.90 Å². The lowest BCUT2D eigenvalue weighted by atomic mass is 10.5. The summed E-state index contributed by atoms with van der Waals surface area (Å²) in [6, 6.07) is 0. The average molecular weight is 253 g/mol. The quantitative estimate of drug-likeness (QED) is 0.358. The molecule has 0 atom stereocenters. The Labute approximate surface area is 98.6 Å². The SMILES string of the molecule is CCN(CC)CCSOP(=O)(CC)CC. The number of hydrogen-bond donors (Lipinski definition) is 0. The highest BCUT2D eigenvalue weighted by Gasteiger charge is 2.18. The molecular weight excluding hydrogens is 229 g/mol. The van der Waals surface area contributed by atoms with E-state index in [1.807, 2.05) is 13.8 Å². The highest BCUT2D eigenvalue weighted by Crippen LogP contribution is 2.49. The van der Waals surface area contributed by atoms with Crippen molar-refractivity contribution in [1.29, 1.82) is 0 Å². The molecule has 0 N–H and O–H groups in total. The van der Waals surface area contributed by atoms with Crippen molar-refractivity contribution in [3.05, 3.63) is 0 Å². The molecule has 0 saturated heterocycles. The summed E-state index contributed by atoms with van der Waals surface area (Å²) in [6.45, 7) is 11.3. The molecule has 0 spiro atoms. The second-order valence-electron chi connectivity index (χ2n) is 3.37. The van der Waals surface area contributed by atoms with Crippen molar-refractivity contribution >= 4 is 19.4 Å². The van der Waals surface area contributed by atoms with Gasteiger partial charge in [-0.05, 0) is 13.1 Å². The summed E-state index contributed by atoms with van der Waals surface area (Å²) in [5.41, 5.74) is 0. The van der Waals surface area contributed by atoms with E-state index in [4.69, 9.17) is 3.97 Å². The molecule has 0 bridgehead atoms. The molecule has 0 aromatic heterocycles. The van der Waals surface area contributed by atoms with Gasteiger partial charge in [0.2, 0.25) is 7.37 Å². The molecule has 0 rings (SSSR count). The van der Waals surface area contributed by atoms with Gasteiger partial charge in [-0.1, -0.05) is 27.7 Å². The lowest BCUT2D eigenvalue weighted by Crippen LogP contribution is -2.25. The molecule has 0 fully saturated rings. The van der Waals surface area contributed by atoms with Crippen LogP contribution in [0.25, 0.3) is 0 Å². The van der Waals surface area contributed by atoms with Crippen LogP contribution < -0.4 is 0 Å². The van der Waals surface area contributed by atoms with E-state index in [1.54, 1.807) is 0 Å². The van der Waals surface area contributed by atoms with Gasteiger partial charge in [-0.25, -0.2) is 0 Å². The van der Waals surface area contributed by atoms with Gasteiger partial charge in [0.15, 0.2) is 0 Å². The zero-order valence-corrected chi connectivity index (χ0v) is 12.1. The van der Waals surface area contributed by atoms with E-state index in [1.165, 1.54) is 12.0 Å². The molecule has 0 radical (unpaired) electrons. The normalized spacial score (nSPS) is 12.3. The van der Waals surface area contributed by atoms with Gasteiger partial charge in [0, 0.05) is 36.7 Å². The Kier molecular flexibility index (Phi) is 8.92. The molecule has 0 aromatic rings. The van der Waals surface area contributed by atoms with Crippen molar-refractivity contribution in [3.63, 3.8) is 0 Å². The van der Waals surface area contributed by atoms with Gasteiger partial charge in [-0.2, -0.15) is 0 Å². The van der Waals surface area contributed by atoms with E-state index in [9.17, 15) is 4.57 Å². The van der Waals surface area contributed by atoms with Crippen molar-refractivity contribution in [3.8, 4) is 0 Å². The second-order valence-corrected chi connectivity index (χ2v) is 7.50. The summed E-state index contributed by atoms with van der Waals surface area (Å²) in [7, 11) is -2.31. The standard InChI is InChI=1S/C10H24NO2PS/c1-5-11(6-2)9-10-15-13-14(12,7-3)8-4/h5-10H2,1-4H3. The molecular formula is C10H24NO2PS. The van der Waals surface area contributed by atoms with Crippen molar-refractivity contribution in [2.45, 2.75) is 27.7 Å². The first-order chi connectivity index (χ1) is 7.11. The van der Waals surface area contributed by atoms with Crippen LogP contribution in [0.4, 0.5) is 0 Å². The highest BCUT2D eigenvalue weighted by molar-refractivity contribution is 7.98. The predicted molar refractivity (Wildman–Crippen MR) is 70.0 cm³/mol. The third-order valence-corrected chi connectivity index (χ3v) is 6.32. The Morgan fingerprint density at radius 2 is 1.67 bits per heavy atom. The van der Waals surface area contributed by atoms with Crippen LogP contribution >= 0.6 is 19.4 Å². The van der Waals surface area contributed by atoms with E-state index in [0.717, 1.165) is 25.4 Å². The van der Waals surface area contributed by atoms with Crippen molar-refractivity contribution in [2.24, 2.45) is 0 Å². The molecule has 0 aromatic carbocycles. The van der Waals surface area contributed by atoms with Gasteiger partial charge in [0.05, 0.1) is 0 Å². The van der Waals surface area contributed by atoms with Gasteiger partial charge >= 0.3 is 0 Å². The molecule has 92 valence electrons. The van der Waals surface area contributed by atoms with Gasteiger partial charge in [0.1, 0.15) is 0 Å². The first-order valence-corrected chi connectivity index (χ1v) is 8.64. The predicted octanol–water partition coefficient (Wildman–Crippen LogP) is 3.31. The summed E-state index contributed by atoms with van der Waals surface area (Å²) in [4.78, 5) is 2.33. The maximum Gasteiger partial charge on any atom is 0.214 e. The van der Waals surface area contributed by atoms with E-state index in [2.05, 4.69) is 18.7 Å². The first kappa shape index (κ1) is 15.5. The zero-order chi connectivity index (χ0) is 11.7. The summed E-state index contributed by atoms with van der Waals surface area (Å²) in [6.07, 6.45) is 1.28. The van der Waals surface area contributed by atoms with E-state index in [0.29, 0.717) is 12.3 Å². The van der Waals surface area contributed by atoms with E-state index in [-0.39, 0.29) is 0 Å². The Balaban J connectivity index is 3.65. The molecule has 0 heterocycles. The van der Waals surface area contributed by atoms with Gasteiger partial charge in [-0.15, -0.1) is 0 Å². The Morgan fingerprint density at radius 1 is 1.13 bits per heavy atom. The first-order valence-electron chi connectivity index (χ1n) is 5.73. The fourth-order valence-corrected chi connectivity index (χ4v) is 3.86. The van der Waals surface area contributed by atoms with Crippen LogP contribution in [0, 0.1) is 0 Å². The Morgan fingerprint density at radius 3 is 2.07 bits per heavy atom. The Hall–Kier alpha value is 0.500. The third kappa shape index (κ3) is 6.62. The highest BCUT2D eigenvalue weighted by atomic mass is 32.2. The zero-order valence-electron chi connectivity index (χ0n) is 10.4. The fraction of sp³-hybridized carbons (Fsp3) is 1.00. The maximum atomic E-state index is 11.9. The average Bonchev–Trinajstić information content (AvgIpc) is 2.29. The molecule has 0 aliphatic carbocycles. The van der Waals surface area contributed by atoms with E-state index >= 15 is 0 Å². The van der Waals surface area contributed by atoms with Gasteiger partial charge in [-0.3, -0.25) is 8.54 Å². The van der Waals surface area contributed by atoms with E-state index < -0.39 is 7.37 Å². The topological polar surface area (TPSA) is 29.5 Å². The monoisotopic (exact) mass is 253 g/mol. The molecule has 0 unspecified atom stereocenters. The molecule has 0 saturated carbocycles.